The Morgan fingerprint density at radius 1 is 1.43 bits per heavy atom. The molecule has 21 heavy (non-hydrogen) atoms. The van der Waals surface area contributed by atoms with Crippen molar-refractivity contribution in [1.29, 1.82) is 0 Å². The first kappa shape index (κ1) is 16.6. The smallest absolute Gasteiger partial charge is 0.340 e. The summed E-state index contributed by atoms with van der Waals surface area (Å²) in [6, 6.07) is -1.45. The van der Waals surface area contributed by atoms with Gasteiger partial charge in [0.15, 0.2) is 5.82 Å². The molecule has 1 radical (unpaired) electrons. The molecular formula is C9H12N4NaO6S. The number of aryl methyl sites for hydroxylation is 1. The molecule has 2 fully saturated rings. The second-order valence-corrected chi connectivity index (χ2v) is 5.69. The summed E-state index contributed by atoms with van der Waals surface area (Å²) in [5, 5.41) is 4.47. The second-order valence-electron chi connectivity index (χ2n) is 4.68. The third-order valence-corrected chi connectivity index (χ3v) is 3.69. The van der Waals surface area contributed by atoms with Gasteiger partial charge in [0.1, 0.15) is 0 Å². The minimum absolute atomic E-state index is 0. The average molecular weight is 327 g/mol. The quantitative estimate of drug-likeness (QED) is 0.591. The van der Waals surface area contributed by atoms with E-state index in [-0.39, 0.29) is 42.1 Å². The molecule has 2 aliphatic rings. The molecule has 1 aromatic heterocycles. The van der Waals surface area contributed by atoms with Crippen LogP contribution in [0.25, 0.3) is 0 Å². The standard InChI is InChI=1S/C9H12N4O6S.Na/c1-5-10-8(11-18-5)7-3-2-6-4-12(7)9(14)13(6)19-20(15,16)17;/h6-7H,2-4H2,1H3,(H,15,16,17);/t6-,7+;/m1./s1. The molecule has 0 aromatic carbocycles. The Morgan fingerprint density at radius 3 is 2.71 bits per heavy atom. The maximum atomic E-state index is 12.1. The Hall–Kier alpha value is -0.720. The molecule has 0 unspecified atom stereocenters. The van der Waals surface area contributed by atoms with E-state index in [1.807, 2.05) is 0 Å². The second kappa shape index (κ2) is 5.82. The van der Waals surface area contributed by atoms with Gasteiger partial charge in [-0.1, -0.05) is 5.16 Å². The first-order valence-electron chi connectivity index (χ1n) is 5.92. The number of carbonyl (C=O) groups is 1. The van der Waals surface area contributed by atoms with Crippen LogP contribution in [0, 0.1) is 6.92 Å². The third kappa shape index (κ3) is 3.22. The SMILES string of the molecule is Cc1nc([C@@H]2CC[C@@H]3CN2C(=O)N3OS(=O)(=O)O)no1.[Na]. The molecule has 3 rings (SSSR count). The maximum absolute atomic E-state index is 12.1. The number of rotatable bonds is 3. The molecule has 2 saturated heterocycles. The van der Waals surface area contributed by atoms with Gasteiger partial charge in [0.25, 0.3) is 0 Å². The molecule has 1 N–H and O–H groups in total. The molecule has 0 saturated carbocycles. The maximum Gasteiger partial charge on any atom is 0.418 e. The van der Waals surface area contributed by atoms with Crippen molar-refractivity contribution in [3.63, 3.8) is 0 Å². The fraction of sp³-hybridized carbons (Fsp3) is 0.667. The summed E-state index contributed by atoms with van der Waals surface area (Å²) in [6.07, 6.45) is 1.07. The number of hydrogen-bond acceptors (Lipinski definition) is 7. The van der Waals surface area contributed by atoms with E-state index in [1.165, 1.54) is 4.90 Å². The summed E-state index contributed by atoms with van der Waals surface area (Å²) in [4.78, 5) is 17.6. The molecule has 2 atom stereocenters. The Labute approximate surface area is 142 Å². The number of amides is 2. The van der Waals surface area contributed by atoms with Gasteiger partial charge in [-0.25, -0.2) is 4.79 Å². The van der Waals surface area contributed by atoms with Crippen molar-refractivity contribution < 1.29 is 26.6 Å². The van der Waals surface area contributed by atoms with Crippen molar-refractivity contribution in [2.24, 2.45) is 0 Å². The molecule has 2 amide bonds. The molecule has 0 aliphatic carbocycles. The number of carbonyl (C=O) groups excluding carboxylic acids is 1. The van der Waals surface area contributed by atoms with Gasteiger partial charge >= 0.3 is 16.4 Å². The van der Waals surface area contributed by atoms with Gasteiger partial charge in [-0.3, -0.25) is 4.55 Å². The van der Waals surface area contributed by atoms with Crippen LogP contribution in [0.5, 0.6) is 0 Å². The fourth-order valence-electron chi connectivity index (χ4n) is 2.55. The largest absolute Gasteiger partial charge is 0.418 e. The first-order valence-corrected chi connectivity index (χ1v) is 7.29. The van der Waals surface area contributed by atoms with Crippen molar-refractivity contribution >= 4 is 46.0 Å². The Kier molecular flexibility index (Phi) is 4.61. The van der Waals surface area contributed by atoms with E-state index in [9.17, 15) is 13.2 Å². The van der Waals surface area contributed by atoms with Crippen molar-refractivity contribution in [2.75, 3.05) is 6.54 Å². The fourth-order valence-corrected chi connectivity index (χ4v) is 2.94. The number of urea groups is 1. The van der Waals surface area contributed by atoms with Crippen molar-refractivity contribution in [3.8, 4) is 0 Å². The van der Waals surface area contributed by atoms with Gasteiger partial charge in [-0.05, 0) is 12.8 Å². The van der Waals surface area contributed by atoms with Crippen LogP contribution in [0.2, 0.25) is 0 Å². The normalized spacial score (nSPS) is 25.1. The predicted molar refractivity (Wildman–Crippen MR) is 67.1 cm³/mol. The van der Waals surface area contributed by atoms with E-state index in [2.05, 4.69) is 14.4 Å². The number of aromatic nitrogens is 2. The topological polar surface area (TPSA) is 126 Å². The minimum atomic E-state index is -4.73. The minimum Gasteiger partial charge on any atom is -0.340 e. The van der Waals surface area contributed by atoms with Gasteiger partial charge in [0.2, 0.25) is 5.89 Å². The van der Waals surface area contributed by atoms with Crippen molar-refractivity contribution in [3.05, 3.63) is 11.7 Å². The predicted octanol–water partition coefficient (Wildman–Crippen LogP) is -0.327. The van der Waals surface area contributed by atoms with E-state index in [4.69, 9.17) is 9.08 Å². The molecule has 1 aromatic rings. The average Bonchev–Trinajstić information content (AvgIpc) is 2.88. The van der Waals surface area contributed by atoms with E-state index in [1.54, 1.807) is 6.92 Å². The van der Waals surface area contributed by atoms with Crippen LogP contribution in [-0.2, 0) is 14.7 Å². The molecular weight excluding hydrogens is 315 g/mol. The number of piperidine rings is 1. The summed E-state index contributed by atoms with van der Waals surface area (Å²) >= 11 is 0. The monoisotopic (exact) mass is 327 g/mol. The van der Waals surface area contributed by atoms with Crippen LogP contribution in [0.4, 0.5) is 4.79 Å². The van der Waals surface area contributed by atoms with Gasteiger partial charge < -0.3 is 9.42 Å². The molecule has 2 bridgehead atoms. The van der Waals surface area contributed by atoms with Crippen LogP contribution in [0.1, 0.15) is 30.6 Å². The molecule has 111 valence electrons. The van der Waals surface area contributed by atoms with Gasteiger partial charge in [0.05, 0.1) is 12.1 Å². The zero-order chi connectivity index (χ0) is 14.5. The van der Waals surface area contributed by atoms with E-state index < -0.39 is 22.5 Å². The summed E-state index contributed by atoms with van der Waals surface area (Å²) < 4.78 is 39.4. The third-order valence-electron chi connectivity index (χ3n) is 3.34. The van der Waals surface area contributed by atoms with E-state index >= 15 is 0 Å². The molecule has 2 aliphatic heterocycles. The van der Waals surface area contributed by atoms with Gasteiger partial charge in [-0.15, -0.1) is 4.28 Å². The number of nitrogens with zero attached hydrogens (tertiary/aromatic N) is 4. The van der Waals surface area contributed by atoms with Crippen LogP contribution in [0.3, 0.4) is 0 Å². The van der Waals surface area contributed by atoms with Crippen molar-refractivity contribution in [1.82, 2.24) is 20.1 Å². The zero-order valence-corrected chi connectivity index (χ0v) is 14.3. The van der Waals surface area contributed by atoms with Crippen LogP contribution < -0.4 is 0 Å². The summed E-state index contributed by atoms with van der Waals surface area (Å²) in [6.45, 7) is 1.92. The van der Waals surface area contributed by atoms with Gasteiger partial charge in [0, 0.05) is 43.0 Å². The summed E-state index contributed by atoms with van der Waals surface area (Å²) in [7, 11) is -4.73. The molecule has 0 spiro atoms. The Balaban J connectivity index is 0.00000161. The Morgan fingerprint density at radius 2 is 2.14 bits per heavy atom. The zero-order valence-electron chi connectivity index (χ0n) is 11.5. The van der Waals surface area contributed by atoms with Crippen LogP contribution in [-0.4, -0.2) is 81.2 Å². The number of hydrogen-bond donors (Lipinski definition) is 1. The van der Waals surface area contributed by atoms with Crippen molar-refractivity contribution in [2.45, 2.75) is 31.8 Å². The molecule has 3 heterocycles. The first-order chi connectivity index (χ1) is 9.35. The summed E-state index contributed by atoms with van der Waals surface area (Å²) in [5.74, 6) is 0.766. The Bertz CT molecular complexity index is 648. The van der Waals surface area contributed by atoms with Gasteiger partial charge in [-0.2, -0.15) is 18.5 Å². The number of fused-ring (bicyclic) bond motifs is 2. The number of hydroxylamine groups is 2. The van der Waals surface area contributed by atoms with E-state index in [0.717, 1.165) is 0 Å². The van der Waals surface area contributed by atoms with Crippen LogP contribution in [0.15, 0.2) is 4.52 Å². The molecule has 12 heteroatoms. The molecule has 10 nitrogen and oxygen atoms in total. The van der Waals surface area contributed by atoms with Crippen LogP contribution >= 0.6 is 0 Å². The van der Waals surface area contributed by atoms with E-state index in [0.29, 0.717) is 29.6 Å². The summed E-state index contributed by atoms with van der Waals surface area (Å²) in [5.41, 5.74) is 0.